The first-order valence-electron chi connectivity index (χ1n) is 12.3. The van der Waals surface area contributed by atoms with Gasteiger partial charge < -0.3 is 14.1 Å². The van der Waals surface area contributed by atoms with Crippen LogP contribution in [-0.4, -0.2) is 61.9 Å². The zero-order valence-electron chi connectivity index (χ0n) is 20.7. The maximum absolute atomic E-state index is 13.1. The fourth-order valence-corrected chi connectivity index (χ4v) is 5.09. The number of carbonyl (C=O) groups is 2. The maximum atomic E-state index is 13.1. The lowest BCUT2D eigenvalue weighted by Gasteiger charge is -2.28. The molecule has 3 aliphatic rings. The van der Waals surface area contributed by atoms with Crippen LogP contribution in [0.2, 0.25) is 0 Å². The fraction of sp³-hybridized carbons (Fsp3) is 0.600. The molecule has 188 valence electrons. The van der Waals surface area contributed by atoms with E-state index in [0.717, 1.165) is 18.4 Å². The third kappa shape index (κ3) is 4.84. The van der Waals surface area contributed by atoms with E-state index in [4.69, 9.17) is 14.0 Å². The smallest absolute Gasteiger partial charge is 0.410 e. The third-order valence-electron chi connectivity index (χ3n) is 6.70. The minimum atomic E-state index is -0.587. The van der Waals surface area contributed by atoms with Crippen molar-refractivity contribution in [3.63, 3.8) is 0 Å². The van der Waals surface area contributed by atoms with Crippen molar-refractivity contribution in [1.82, 2.24) is 25.1 Å². The summed E-state index contributed by atoms with van der Waals surface area (Å²) >= 11 is 0. The molecule has 3 fully saturated rings. The van der Waals surface area contributed by atoms with Crippen molar-refractivity contribution in [3.05, 3.63) is 47.7 Å². The largest absolute Gasteiger partial charge is 0.444 e. The van der Waals surface area contributed by atoms with Gasteiger partial charge in [0.15, 0.2) is 0 Å². The number of hydrogen-bond acceptors (Lipinski definition) is 7. The number of carbonyl (C=O) groups excluding carboxylic acids is 2. The number of ether oxygens (including phenoxy) is 1. The second kappa shape index (κ2) is 9.14. The molecule has 4 atom stereocenters. The molecule has 0 unspecified atom stereocenters. The molecule has 2 bridgehead atoms. The summed E-state index contributed by atoms with van der Waals surface area (Å²) in [5.74, 6) is 1.08. The SMILES string of the molecule is C[C@H]1C[C@@H](c2nnc([C@@H]3CC[C@@H]4CN3C(=O)N4OCc3ccccc3)o2)N(C(=O)OC(C)(C)C)C1. The highest BCUT2D eigenvalue weighted by atomic mass is 16.7. The number of fused-ring (bicyclic) bond motifs is 2. The monoisotopic (exact) mass is 483 g/mol. The second-order valence-electron chi connectivity index (χ2n) is 10.7. The normalized spacial score (nSPS) is 26.5. The van der Waals surface area contributed by atoms with E-state index in [-0.39, 0.29) is 36.2 Å². The van der Waals surface area contributed by atoms with Crippen molar-refractivity contribution >= 4 is 12.1 Å². The lowest BCUT2D eigenvalue weighted by Crippen LogP contribution is -2.36. The molecule has 0 saturated carbocycles. The van der Waals surface area contributed by atoms with E-state index in [1.165, 1.54) is 5.06 Å². The van der Waals surface area contributed by atoms with E-state index in [0.29, 0.717) is 37.9 Å². The Kier molecular flexibility index (Phi) is 6.16. The van der Waals surface area contributed by atoms with E-state index in [2.05, 4.69) is 17.1 Å². The van der Waals surface area contributed by atoms with Crippen LogP contribution in [0.1, 0.15) is 76.4 Å². The van der Waals surface area contributed by atoms with Gasteiger partial charge in [0.2, 0.25) is 11.8 Å². The number of hydrogen-bond donors (Lipinski definition) is 0. The zero-order chi connectivity index (χ0) is 24.7. The highest BCUT2D eigenvalue weighted by Gasteiger charge is 2.48. The summed E-state index contributed by atoms with van der Waals surface area (Å²) in [7, 11) is 0. The molecule has 35 heavy (non-hydrogen) atoms. The molecule has 3 aliphatic heterocycles. The number of piperidine rings is 1. The Morgan fingerprint density at radius 2 is 1.80 bits per heavy atom. The van der Waals surface area contributed by atoms with Crippen LogP contribution in [0.5, 0.6) is 0 Å². The molecule has 10 nitrogen and oxygen atoms in total. The quantitative estimate of drug-likeness (QED) is 0.619. The number of nitrogens with zero attached hydrogens (tertiary/aromatic N) is 5. The molecule has 3 amide bonds. The van der Waals surface area contributed by atoms with Crippen molar-refractivity contribution in [2.75, 3.05) is 13.1 Å². The molecule has 10 heteroatoms. The van der Waals surface area contributed by atoms with Gasteiger partial charge in [0, 0.05) is 13.1 Å². The molecular formula is C25H33N5O5. The van der Waals surface area contributed by atoms with Crippen molar-refractivity contribution in [3.8, 4) is 0 Å². The number of amides is 3. The van der Waals surface area contributed by atoms with Crippen LogP contribution < -0.4 is 0 Å². The first-order valence-corrected chi connectivity index (χ1v) is 12.3. The summed E-state index contributed by atoms with van der Waals surface area (Å²) in [6.07, 6.45) is 1.83. The van der Waals surface area contributed by atoms with Crippen LogP contribution in [-0.2, 0) is 16.2 Å². The maximum Gasteiger partial charge on any atom is 0.410 e. The number of likely N-dealkylation sites (tertiary alicyclic amines) is 1. The van der Waals surface area contributed by atoms with Gasteiger partial charge in [0.05, 0.1) is 6.04 Å². The van der Waals surface area contributed by atoms with E-state index >= 15 is 0 Å². The van der Waals surface area contributed by atoms with Crippen LogP contribution in [0.4, 0.5) is 9.59 Å². The van der Waals surface area contributed by atoms with Gasteiger partial charge in [-0.25, -0.2) is 9.59 Å². The van der Waals surface area contributed by atoms with Crippen molar-refractivity contribution < 1.29 is 23.6 Å². The predicted molar refractivity (Wildman–Crippen MR) is 125 cm³/mol. The standard InChI is InChI=1S/C25H33N5O5/c1-16-12-20(29(13-16)24(32)35-25(2,3)4)22-27-26-21(34-22)19-11-10-18-14-28(19)23(31)30(18)33-15-17-8-6-5-7-9-17/h5-9,16,18-20H,10-15H2,1-4H3/t16-,18+,19-,20-/m0/s1. The number of urea groups is 1. The van der Waals surface area contributed by atoms with Gasteiger partial charge in [-0.3, -0.25) is 9.74 Å². The van der Waals surface area contributed by atoms with Crippen molar-refractivity contribution in [2.24, 2.45) is 5.92 Å². The number of aromatic nitrogens is 2. The van der Waals surface area contributed by atoms with Crippen LogP contribution in [0, 0.1) is 5.92 Å². The summed E-state index contributed by atoms with van der Waals surface area (Å²) in [6, 6.07) is 8.97. The Bertz CT molecular complexity index is 1070. The number of hydroxylamine groups is 2. The van der Waals surface area contributed by atoms with Gasteiger partial charge in [-0.15, -0.1) is 10.2 Å². The molecule has 1 aromatic heterocycles. The minimum Gasteiger partial charge on any atom is -0.444 e. The number of rotatable bonds is 5. The van der Waals surface area contributed by atoms with E-state index in [9.17, 15) is 9.59 Å². The Balaban J connectivity index is 1.27. The first-order chi connectivity index (χ1) is 16.7. The molecule has 0 N–H and O–H groups in total. The summed E-state index contributed by atoms with van der Waals surface area (Å²) < 4.78 is 11.7. The minimum absolute atomic E-state index is 0.00296. The number of benzene rings is 1. The Morgan fingerprint density at radius 1 is 1.09 bits per heavy atom. The average Bonchev–Trinajstić information content (AvgIpc) is 3.50. The summed E-state index contributed by atoms with van der Waals surface area (Å²) in [5, 5.41) is 10.1. The molecular weight excluding hydrogens is 450 g/mol. The molecule has 0 spiro atoms. The van der Waals surface area contributed by atoms with Gasteiger partial charge in [0.1, 0.15) is 24.3 Å². The van der Waals surface area contributed by atoms with Crippen LogP contribution in [0.15, 0.2) is 34.7 Å². The van der Waals surface area contributed by atoms with Gasteiger partial charge in [-0.1, -0.05) is 37.3 Å². The molecule has 0 aliphatic carbocycles. The van der Waals surface area contributed by atoms with Gasteiger partial charge in [-0.05, 0) is 51.5 Å². The predicted octanol–water partition coefficient (Wildman–Crippen LogP) is 4.46. The molecule has 1 aromatic carbocycles. The second-order valence-corrected chi connectivity index (χ2v) is 10.7. The van der Waals surface area contributed by atoms with Crippen LogP contribution in [0.3, 0.4) is 0 Å². The summed E-state index contributed by atoms with van der Waals surface area (Å²) in [6.45, 7) is 9.10. The van der Waals surface area contributed by atoms with E-state index in [1.807, 2.05) is 51.1 Å². The summed E-state index contributed by atoms with van der Waals surface area (Å²) in [4.78, 5) is 35.2. The lowest BCUT2D eigenvalue weighted by molar-refractivity contribution is -0.140. The highest BCUT2D eigenvalue weighted by Crippen LogP contribution is 2.40. The Morgan fingerprint density at radius 3 is 2.51 bits per heavy atom. The molecule has 3 saturated heterocycles. The van der Waals surface area contributed by atoms with Gasteiger partial charge in [0.25, 0.3) is 0 Å². The van der Waals surface area contributed by atoms with Crippen molar-refractivity contribution in [1.29, 1.82) is 0 Å². The van der Waals surface area contributed by atoms with Gasteiger partial charge >= 0.3 is 12.1 Å². The topological polar surface area (TPSA) is 101 Å². The fourth-order valence-electron chi connectivity index (χ4n) is 5.09. The Hall–Kier alpha value is -3.14. The average molecular weight is 484 g/mol. The van der Waals surface area contributed by atoms with Crippen LogP contribution in [0.25, 0.3) is 0 Å². The van der Waals surface area contributed by atoms with E-state index < -0.39 is 5.60 Å². The molecule has 4 heterocycles. The highest BCUT2D eigenvalue weighted by molar-refractivity contribution is 5.77. The summed E-state index contributed by atoms with van der Waals surface area (Å²) in [5.41, 5.74) is 0.423. The third-order valence-corrected chi connectivity index (χ3v) is 6.70. The molecule has 0 radical (unpaired) electrons. The molecule has 5 rings (SSSR count). The van der Waals surface area contributed by atoms with Gasteiger partial charge in [-0.2, -0.15) is 5.06 Å². The van der Waals surface area contributed by atoms with Crippen LogP contribution >= 0.6 is 0 Å². The van der Waals surface area contributed by atoms with Crippen molar-refractivity contribution in [2.45, 2.75) is 77.3 Å². The Labute approximate surface area is 205 Å². The first kappa shape index (κ1) is 23.6. The van der Waals surface area contributed by atoms with E-state index in [1.54, 1.807) is 9.80 Å². The zero-order valence-corrected chi connectivity index (χ0v) is 20.7. The molecule has 2 aromatic rings. The lowest BCUT2D eigenvalue weighted by atomic mass is 10.0.